The van der Waals surface area contributed by atoms with Gasteiger partial charge in [-0.1, -0.05) is 13.8 Å². The van der Waals surface area contributed by atoms with Crippen molar-refractivity contribution in [1.29, 1.82) is 0 Å². The van der Waals surface area contributed by atoms with E-state index in [4.69, 9.17) is 45.7 Å². The summed E-state index contributed by atoms with van der Waals surface area (Å²) in [7, 11) is 5.18. The number of amides is 5. The van der Waals surface area contributed by atoms with Crippen LogP contribution in [0.3, 0.4) is 0 Å². The predicted octanol–water partition coefficient (Wildman–Crippen LogP) is -1.72. The molecule has 1 aliphatic rings. The lowest BCUT2D eigenvalue weighted by Gasteiger charge is -2.23. The van der Waals surface area contributed by atoms with E-state index < -0.39 is 35.5 Å². The van der Waals surface area contributed by atoms with Gasteiger partial charge < -0.3 is 58.6 Å². The van der Waals surface area contributed by atoms with Gasteiger partial charge in [0.15, 0.2) is 7.85 Å². The van der Waals surface area contributed by atoms with Crippen molar-refractivity contribution in [2.45, 2.75) is 45.7 Å². The van der Waals surface area contributed by atoms with E-state index >= 15 is 0 Å². The van der Waals surface area contributed by atoms with Crippen LogP contribution in [0.25, 0.3) is 0 Å². The molecular weight excluding hydrogens is 699 g/mol. The number of imide groups is 1. The standard InChI is InChI=1S/C34H57BN4O14/c1-26(2)32(34(45)37-27(3)33(35)44)38-29(41)7-10-46-12-14-48-16-18-50-20-22-52-24-25-53-23-21-51-19-17-49-15-13-47-11-8-36-28(40)6-9-39-30(42)4-5-31(39)43/h4-5,26-27,32H,6-25H2,1-3H3,(H,36,40)(H,37,45)(H,38,41). The second-order valence-corrected chi connectivity index (χ2v) is 11.8. The molecule has 1 rings (SSSR count). The molecule has 0 fully saturated rings. The Bertz CT molecular complexity index is 1100. The van der Waals surface area contributed by atoms with E-state index in [1.54, 1.807) is 13.8 Å². The Morgan fingerprint density at radius 1 is 0.585 bits per heavy atom. The summed E-state index contributed by atoms with van der Waals surface area (Å²) in [6.07, 6.45) is 2.48. The molecule has 0 spiro atoms. The van der Waals surface area contributed by atoms with Crippen molar-refractivity contribution in [2.24, 2.45) is 5.92 Å². The summed E-state index contributed by atoms with van der Waals surface area (Å²) in [5.74, 6) is -2.08. The van der Waals surface area contributed by atoms with Crippen LogP contribution in [0.2, 0.25) is 0 Å². The largest absolute Gasteiger partial charge is 0.379 e. The fourth-order valence-electron chi connectivity index (χ4n) is 4.18. The highest BCUT2D eigenvalue weighted by atomic mass is 16.6. The lowest BCUT2D eigenvalue weighted by molar-refractivity contribution is -0.137. The molecule has 0 saturated heterocycles. The summed E-state index contributed by atoms with van der Waals surface area (Å²) < 4.78 is 43.5. The molecule has 5 amide bonds. The average Bonchev–Trinajstić information content (AvgIpc) is 3.44. The SMILES string of the molecule is [B]C(=O)C(C)NC(=O)C(NC(=O)CCOCCOCCOCCOCCOCCOCCOCCOCCNC(=O)CCN1C(=O)C=CC1=O)C(C)C. The van der Waals surface area contributed by atoms with Gasteiger partial charge in [-0.05, 0) is 12.8 Å². The van der Waals surface area contributed by atoms with Gasteiger partial charge in [-0.15, -0.1) is 0 Å². The quantitative estimate of drug-likeness (QED) is 0.0373. The first kappa shape index (κ1) is 47.7. The first-order chi connectivity index (χ1) is 25.5. The Balaban J connectivity index is 1.77. The fraction of sp³-hybridized carbons (Fsp3) is 0.765. The summed E-state index contributed by atoms with van der Waals surface area (Å²) in [5.41, 5.74) is -0.659. The van der Waals surface area contributed by atoms with Crippen LogP contribution in [-0.4, -0.2) is 179 Å². The molecule has 1 aliphatic heterocycles. The van der Waals surface area contributed by atoms with Gasteiger partial charge in [0.25, 0.3) is 11.8 Å². The van der Waals surface area contributed by atoms with Crippen LogP contribution >= 0.6 is 0 Å². The molecule has 300 valence electrons. The molecule has 3 N–H and O–H groups in total. The van der Waals surface area contributed by atoms with Gasteiger partial charge in [0.1, 0.15) is 6.04 Å². The van der Waals surface area contributed by atoms with Gasteiger partial charge in [-0.25, -0.2) is 0 Å². The van der Waals surface area contributed by atoms with Crippen molar-refractivity contribution in [3.05, 3.63) is 12.2 Å². The van der Waals surface area contributed by atoms with Crippen LogP contribution in [0.5, 0.6) is 0 Å². The van der Waals surface area contributed by atoms with Gasteiger partial charge in [0.05, 0.1) is 117 Å². The van der Waals surface area contributed by atoms with E-state index in [0.29, 0.717) is 106 Å². The Kier molecular flexibility index (Phi) is 28.0. The minimum Gasteiger partial charge on any atom is -0.379 e. The number of carbonyl (C=O) groups excluding carboxylic acids is 6. The number of nitrogens with one attached hydrogen (secondary N) is 3. The predicted molar refractivity (Wildman–Crippen MR) is 190 cm³/mol. The van der Waals surface area contributed by atoms with E-state index in [-0.39, 0.29) is 43.7 Å². The Morgan fingerprint density at radius 3 is 1.38 bits per heavy atom. The number of hydrogen-bond acceptors (Lipinski definition) is 14. The topological polar surface area (TPSA) is 216 Å². The van der Waals surface area contributed by atoms with Crippen molar-refractivity contribution in [3.63, 3.8) is 0 Å². The Labute approximate surface area is 313 Å². The highest BCUT2D eigenvalue weighted by molar-refractivity contribution is 6.59. The van der Waals surface area contributed by atoms with E-state index in [2.05, 4.69) is 16.0 Å². The third-order valence-electron chi connectivity index (χ3n) is 7.16. The van der Waals surface area contributed by atoms with Crippen LogP contribution in [-0.2, 0) is 66.7 Å². The molecule has 0 saturated carbocycles. The van der Waals surface area contributed by atoms with E-state index in [0.717, 1.165) is 4.90 Å². The molecule has 2 radical (unpaired) electrons. The van der Waals surface area contributed by atoms with Crippen LogP contribution in [0.4, 0.5) is 0 Å². The third-order valence-corrected chi connectivity index (χ3v) is 7.16. The second-order valence-electron chi connectivity index (χ2n) is 11.8. The zero-order valence-corrected chi connectivity index (χ0v) is 31.3. The fourth-order valence-corrected chi connectivity index (χ4v) is 4.18. The van der Waals surface area contributed by atoms with Gasteiger partial charge in [0, 0.05) is 38.1 Å². The highest BCUT2D eigenvalue weighted by Crippen LogP contribution is 2.05. The van der Waals surface area contributed by atoms with Crippen molar-refractivity contribution < 1.29 is 66.7 Å². The van der Waals surface area contributed by atoms with Crippen LogP contribution in [0, 0.1) is 5.92 Å². The molecule has 0 aliphatic carbocycles. The molecule has 19 heteroatoms. The number of nitrogens with zero attached hydrogens (tertiary/aromatic N) is 1. The third kappa shape index (κ3) is 25.4. The first-order valence-corrected chi connectivity index (χ1v) is 17.8. The molecule has 0 aromatic rings. The summed E-state index contributed by atoms with van der Waals surface area (Å²) in [6, 6.07) is -1.63. The molecule has 18 nitrogen and oxygen atoms in total. The van der Waals surface area contributed by atoms with Crippen LogP contribution in [0.15, 0.2) is 12.2 Å². The van der Waals surface area contributed by atoms with E-state index in [1.165, 1.54) is 19.1 Å². The molecule has 0 aromatic heterocycles. The average molecular weight is 757 g/mol. The lowest BCUT2D eigenvalue weighted by atomic mass is 9.95. The number of rotatable bonds is 35. The number of ether oxygens (including phenoxy) is 8. The van der Waals surface area contributed by atoms with Crippen molar-refractivity contribution in [3.8, 4) is 0 Å². The monoisotopic (exact) mass is 756 g/mol. The lowest BCUT2D eigenvalue weighted by Crippen LogP contribution is -2.53. The molecule has 53 heavy (non-hydrogen) atoms. The molecule has 2 atom stereocenters. The molecule has 2 unspecified atom stereocenters. The van der Waals surface area contributed by atoms with E-state index in [1.807, 2.05) is 0 Å². The maximum atomic E-state index is 12.3. The minimum absolute atomic E-state index is 0.0403. The van der Waals surface area contributed by atoms with Crippen molar-refractivity contribution >= 4 is 43.1 Å². The van der Waals surface area contributed by atoms with Crippen LogP contribution < -0.4 is 16.0 Å². The normalized spacial score (nSPS) is 13.8. The minimum atomic E-state index is -0.837. The van der Waals surface area contributed by atoms with Crippen LogP contribution in [0.1, 0.15) is 33.6 Å². The van der Waals surface area contributed by atoms with Gasteiger partial charge in [-0.3, -0.25) is 28.9 Å². The highest BCUT2D eigenvalue weighted by Gasteiger charge is 2.26. The maximum Gasteiger partial charge on any atom is 0.253 e. The molecular formula is C34H57BN4O14. The zero-order valence-electron chi connectivity index (χ0n) is 31.3. The summed E-state index contributed by atoms with van der Waals surface area (Å²) >= 11 is 0. The Hall–Kier alpha value is -3.30. The van der Waals surface area contributed by atoms with Crippen molar-refractivity contribution in [2.75, 3.05) is 119 Å². The summed E-state index contributed by atoms with van der Waals surface area (Å²) in [4.78, 5) is 71.4. The smallest absolute Gasteiger partial charge is 0.253 e. The maximum absolute atomic E-state index is 12.3. The molecule has 1 heterocycles. The summed E-state index contributed by atoms with van der Waals surface area (Å²) in [5, 5.41) is 7.82. The number of hydrogen-bond donors (Lipinski definition) is 3. The summed E-state index contributed by atoms with van der Waals surface area (Å²) in [6.45, 7) is 11.5. The molecule has 0 bridgehead atoms. The number of carbonyl (C=O) groups is 6. The van der Waals surface area contributed by atoms with Gasteiger partial charge >= 0.3 is 0 Å². The zero-order chi connectivity index (χ0) is 39.1. The van der Waals surface area contributed by atoms with Gasteiger partial charge in [0.2, 0.25) is 17.7 Å². The Morgan fingerprint density at radius 2 is 0.981 bits per heavy atom. The second kappa shape index (κ2) is 31.1. The van der Waals surface area contributed by atoms with E-state index in [9.17, 15) is 28.8 Å². The van der Waals surface area contributed by atoms with Gasteiger partial charge in [-0.2, -0.15) is 0 Å². The first-order valence-electron chi connectivity index (χ1n) is 17.8. The molecule has 0 aromatic carbocycles. The van der Waals surface area contributed by atoms with Crippen molar-refractivity contribution in [1.82, 2.24) is 20.9 Å².